The zero-order valence-corrected chi connectivity index (χ0v) is 10.8. The van der Waals surface area contributed by atoms with Crippen LogP contribution in [0, 0.1) is 5.41 Å². The zero-order valence-electron chi connectivity index (χ0n) is 10.8. The molecule has 19 heavy (non-hydrogen) atoms. The Kier molecular flexibility index (Phi) is 3.25. The van der Waals surface area contributed by atoms with Crippen LogP contribution < -0.4 is 0 Å². The van der Waals surface area contributed by atoms with E-state index in [1.54, 1.807) is 0 Å². The molecule has 4 nitrogen and oxygen atoms in total. The van der Waals surface area contributed by atoms with Crippen LogP contribution in [0.5, 0.6) is 0 Å². The van der Waals surface area contributed by atoms with E-state index in [0.29, 0.717) is 24.5 Å². The molecule has 0 amide bonds. The molecular formula is C15H18N2O2. The fraction of sp³-hybridized carbons (Fsp3) is 0.400. The molecule has 0 unspecified atom stereocenters. The van der Waals surface area contributed by atoms with Gasteiger partial charge in [0.15, 0.2) is 0 Å². The normalized spacial score (nSPS) is 23.5. The summed E-state index contributed by atoms with van der Waals surface area (Å²) in [5.74, 6) is 0.688. The molecule has 0 saturated carbocycles. The first-order chi connectivity index (χ1) is 9.25. The second kappa shape index (κ2) is 5.05. The number of aliphatic hydroxyl groups is 1. The number of amidine groups is 1. The van der Waals surface area contributed by atoms with Gasteiger partial charge in [0, 0.05) is 13.2 Å². The average molecular weight is 258 g/mol. The topological polar surface area (TPSA) is 56.5 Å². The Morgan fingerprint density at radius 1 is 1.32 bits per heavy atom. The molecule has 2 aliphatic rings. The Morgan fingerprint density at radius 3 is 2.79 bits per heavy atom. The molecular weight excluding hydrogens is 240 g/mol. The number of rotatable bonds is 3. The van der Waals surface area contributed by atoms with Crippen LogP contribution in [-0.4, -0.2) is 41.6 Å². The summed E-state index contributed by atoms with van der Waals surface area (Å²) in [6, 6.07) is 9.63. The molecule has 1 aromatic carbocycles. The maximum absolute atomic E-state index is 10.1. The summed E-state index contributed by atoms with van der Waals surface area (Å²) in [4.78, 5) is 1.90. The van der Waals surface area contributed by atoms with E-state index in [0.717, 1.165) is 25.0 Å². The molecule has 4 heteroatoms. The predicted octanol–water partition coefficient (Wildman–Crippen LogP) is 2.43. The first kappa shape index (κ1) is 12.2. The lowest BCUT2D eigenvalue weighted by Crippen LogP contribution is -2.34. The third-order valence-electron chi connectivity index (χ3n) is 3.69. The number of aliphatic hydroxyl groups excluding tert-OH is 1. The van der Waals surface area contributed by atoms with Gasteiger partial charge in [-0.2, -0.15) is 0 Å². The van der Waals surface area contributed by atoms with Crippen molar-refractivity contribution in [2.24, 2.45) is 0 Å². The van der Waals surface area contributed by atoms with E-state index < -0.39 is 0 Å². The minimum absolute atomic E-state index is 0.197. The molecule has 0 spiro atoms. The van der Waals surface area contributed by atoms with E-state index in [4.69, 9.17) is 10.1 Å². The Labute approximate surface area is 112 Å². The quantitative estimate of drug-likeness (QED) is 0.875. The maximum Gasteiger partial charge on any atom is 0.132 e. The van der Waals surface area contributed by atoms with Crippen LogP contribution in [0.4, 0.5) is 0 Å². The summed E-state index contributed by atoms with van der Waals surface area (Å²) < 4.78 is 5.60. The largest absolute Gasteiger partial charge is 0.510 e. The van der Waals surface area contributed by atoms with Gasteiger partial charge in [-0.1, -0.05) is 30.3 Å². The second-order valence-corrected chi connectivity index (χ2v) is 5.05. The molecule has 1 fully saturated rings. The standard InChI is InChI=1S/C15H18N2O2/c16-15-14(11-5-2-1-3-6-11)13(18)10-17(15)9-12-7-4-8-19-12/h1-3,5-6,12,16,18H,4,7-10H2/t12-/m1/s1. The van der Waals surface area contributed by atoms with E-state index in [2.05, 4.69) is 0 Å². The molecule has 0 radical (unpaired) electrons. The monoisotopic (exact) mass is 258 g/mol. The van der Waals surface area contributed by atoms with Gasteiger partial charge in [0.05, 0.1) is 18.2 Å². The van der Waals surface area contributed by atoms with Crippen LogP contribution in [0.2, 0.25) is 0 Å². The lowest BCUT2D eigenvalue weighted by molar-refractivity contribution is 0.0924. The lowest BCUT2D eigenvalue weighted by Gasteiger charge is -2.22. The molecule has 3 rings (SSSR count). The van der Waals surface area contributed by atoms with Crippen molar-refractivity contribution in [3.8, 4) is 0 Å². The van der Waals surface area contributed by atoms with E-state index >= 15 is 0 Å². The highest BCUT2D eigenvalue weighted by Gasteiger charge is 2.30. The van der Waals surface area contributed by atoms with Gasteiger partial charge in [0.2, 0.25) is 0 Å². The minimum Gasteiger partial charge on any atom is -0.510 e. The van der Waals surface area contributed by atoms with Crippen molar-refractivity contribution in [3.05, 3.63) is 41.7 Å². The van der Waals surface area contributed by atoms with Crippen molar-refractivity contribution < 1.29 is 9.84 Å². The third-order valence-corrected chi connectivity index (χ3v) is 3.69. The van der Waals surface area contributed by atoms with Crippen LogP contribution >= 0.6 is 0 Å². The van der Waals surface area contributed by atoms with Gasteiger partial charge in [-0.25, -0.2) is 0 Å². The lowest BCUT2D eigenvalue weighted by atomic mass is 10.1. The number of benzene rings is 1. The Hall–Kier alpha value is -1.81. The van der Waals surface area contributed by atoms with Crippen LogP contribution in [0.15, 0.2) is 36.1 Å². The van der Waals surface area contributed by atoms with Crippen molar-refractivity contribution in [1.82, 2.24) is 4.90 Å². The van der Waals surface area contributed by atoms with Crippen molar-refractivity contribution in [1.29, 1.82) is 5.41 Å². The summed E-state index contributed by atoms with van der Waals surface area (Å²) in [7, 11) is 0. The van der Waals surface area contributed by atoms with Gasteiger partial charge in [-0.3, -0.25) is 5.41 Å². The van der Waals surface area contributed by atoms with Crippen molar-refractivity contribution in [2.45, 2.75) is 18.9 Å². The number of hydrogen-bond donors (Lipinski definition) is 2. The fourth-order valence-electron chi connectivity index (χ4n) is 2.73. The smallest absolute Gasteiger partial charge is 0.132 e. The minimum atomic E-state index is 0.197. The molecule has 0 aromatic heterocycles. The van der Waals surface area contributed by atoms with Gasteiger partial charge in [-0.05, 0) is 18.4 Å². The Balaban J connectivity index is 1.76. The first-order valence-electron chi connectivity index (χ1n) is 6.68. The van der Waals surface area contributed by atoms with Crippen molar-refractivity contribution >= 4 is 11.4 Å². The summed E-state index contributed by atoms with van der Waals surface area (Å²) in [6.45, 7) is 1.93. The van der Waals surface area contributed by atoms with Gasteiger partial charge in [-0.15, -0.1) is 0 Å². The van der Waals surface area contributed by atoms with Gasteiger partial charge in [0.25, 0.3) is 0 Å². The van der Waals surface area contributed by atoms with E-state index in [9.17, 15) is 5.11 Å². The molecule has 0 aliphatic carbocycles. The van der Waals surface area contributed by atoms with Gasteiger partial charge in [0.1, 0.15) is 11.6 Å². The molecule has 1 saturated heterocycles. The summed E-state index contributed by atoms with van der Waals surface area (Å²) in [5, 5.41) is 18.4. The maximum atomic E-state index is 10.1. The van der Waals surface area contributed by atoms with Crippen molar-refractivity contribution in [3.63, 3.8) is 0 Å². The SMILES string of the molecule is N=C1C(c2ccccc2)=C(O)CN1C[C@H]1CCCO1. The van der Waals surface area contributed by atoms with Crippen LogP contribution in [0.25, 0.3) is 5.57 Å². The summed E-state index contributed by atoms with van der Waals surface area (Å²) in [5.41, 5.74) is 1.55. The van der Waals surface area contributed by atoms with Crippen LogP contribution in [0.3, 0.4) is 0 Å². The molecule has 1 atom stereocenters. The molecule has 100 valence electrons. The predicted molar refractivity (Wildman–Crippen MR) is 74.3 cm³/mol. The highest BCUT2D eigenvalue weighted by atomic mass is 16.5. The average Bonchev–Trinajstić information content (AvgIpc) is 3.01. The van der Waals surface area contributed by atoms with Crippen LogP contribution in [0.1, 0.15) is 18.4 Å². The third kappa shape index (κ3) is 2.36. The molecule has 1 aromatic rings. The molecule has 2 heterocycles. The highest BCUT2D eigenvalue weighted by Crippen LogP contribution is 2.28. The van der Waals surface area contributed by atoms with E-state index in [1.807, 2.05) is 35.2 Å². The number of nitrogens with one attached hydrogen (secondary N) is 1. The molecule has 2 N–H and O–H groups in total. The number of hydrogen-bond acceptors (Lipinski definition) is 3. The number of ether oxygens (including phenoxy) is 1. The molecule has 0 bridgehead atoms. The second-order valence-electron chi connectivity index (χ2n) is 5.05. The summed E-state index contributed by atoms with van der Waals surface area (Å²) in [6.07, 6.45) is 2.34. The summed E-state index contributed by atoms with van der Waals surface area (Å²) >= 11 is 0. The van der Waals surface area contributed by atoms with Gasteiger partial charge >= 0.3 is 0 Å². The highest BCUT2D eigenvalue weighted by molar-refractivity contribution is 6.23. The Morgan fingerprint density at radius 2 is 2.11 bits per heavy atom. The molecule has 2 aliphatic heterocycles. The van der Waals surface area contributed by atoms with E-state index in [1.165, 1.54) is 0 Å². The van der Waals surface area contributed by atoms with Crippen LogP contribution in [-0.2, 0) is 4.74 Å². The van der Waals surface area contributed by atoms with Crippen molar-refractivity contribution in [2.75, 3.05) is 19.7 Å². The van der Waals surface area contributed by atoms with Gasteiger partial charge < -0.3 is 14.7 Å². The zero-order chi connectivity index (χ0) is 13.2. The Bertz CT molecular complexity index is 504. The fourth-order valence-corrected chi connectivity index (χ4v) is 2.73. The first-order valence-corrected chi connectivity index (χ1v) is 6.68. The number of nitrogens with zero attached hydrogens (tertiary/aromatic N) is 1. The van der Waals surface area contributed by atoms with E-state index in [-0.39, 0.29) is 11.9 Å².